The SMILES string of the molecule is [CH]1CC1CC1CCCCC1. The van der Waals surface area contributed by atoms with Gasteiger partial charge in [-0.25, -0.2) is 0 Å². The van der Waals surface area contributed by atoms with Gasteiger partial charge in [0.25, 0.3) is 0 Å². The second-order valence-corrected chi connectivity index (χ2v) is 3.97. The molecule has 2 aliphatic rings. The van der Waals surface area contributed by atoms with Gasteiger partial charge in [0.1, 0.15) is 0 Å². The molecule has 2 fully saturated rings. The normalized spacial score (nSPS) is 28.8. The van der Waals surface area contributed by atoms with Crippen LogP contribution in [-0.4, -0.2) is 0 Å². The molecule has 0 amide bonds. The van der Waals surface area contributed by atoms with Crippen molar-refractivity contribution < 1.29 is 0 Å². The molecule has 1 unspecified atom stereocenters. The molecule has 1 radical (unpaired) electrons. The van der Waals surface area contributed by atoms with Crippen LogP contribution >= 0.6 is 0 Å². The van der Waals surface area contributed by atoms with Crippen molar-refractivity contribution >= 4 is 0 Å². The summed E-state index contributed by atoms with van der Waals surface area (Å²) in [4.78, 5) is 0. The minimum Gasteiger partial charge on any atom is -0.0533 e. The third-order valence-corrected chi connectivity index (χ3v) is 2.93. The molecule has 0 saturated heterocycles. The second kappa shape index (κ2) is 2.94. The van der Waals surface area contributed by atoms with Crippen LogP contribution in [0.3, 0.4) is 0 Å². The van der Waals surface area contributed by atoms with Crippen LogP contribution in [0.5, 0.6) is 0 Å². The zero-order valence-electron chi connectivity index (χ0n) is 6.68. The van der Waals surface area contributed by atoms with Crippen LogP contribution in [0.15, 0.2) is 0 Å². The van der Waals surface area contributed by atoms with Crippen molar-refractivity contribution in [2.75, 3.05) is 0 Å². The van der Waals surface area contributed by atoms with Crippen LogP contribution in [0.4, 0.5) is 0 Å². The Morgan fingerprint density at radius 2 is 1.80 bits per heavy atom. The van der Waals surface area contributed by atoms with Gasteiger partial charge in [-0.2, -0.15) is 0 Å². The smallest absolute Gasteiger partial charge is 0.0352 e. The maximum atomic E-state index is 2.47. The van der Waals surface area contributed by atoms with E-state index in [0.29, 0.717) is 0 Å². The van der Waals surface area contributed by atoms with E-state index in [1.165, 1.54) is 44.9 Å². The van der Waals surface area contributed by atoms with E-state index in [0.717, 1.165) is 11.8 Å². The van der Waals surface area contributed by atoms with Gasteiger partial charge >= 0.3 is 0 Å². The summed E-state index contributed by atoms with van der Waals surface area (Å²) >= 11 is 0. The molecule has 0 aromatic carbocycles. The van der Waals surface area contributed by atoms with Gasteiger partial charge in [-0.3, -0.25) is 0 Å². The Hall–Kier alpha value is 0. The second-order valence-electron chi connectivity index (χ2n) is 3.97. The number of hydrogen-bond donors (Lipinski definition) is 0. The first-order valence-electron chi connectivity index (χ1n) is 4.78. The molecule has 0 nitrogen and oxygen atoms in total. The Kier molecular flexibility index (Phi) is 1.97. The van der Waals surface area contributed by atoms with Gasteiger partial charge in [-0.15, -0.1) is 0 Å². The van der Waals surface area contributed by atoms with E-state index in [9.17, 15) is 0 Å². The summed E-state index contributed by atoms with van der Waals surface area (Å²) in [5.41, 5.74) is 0. The molecule has 2 rings (SSSR count). The van der Waals surface area contributed by atoms with E-state index in [2.05, 4.69) is 6.42 Å². The minimum absolute atomic E-state index is 1.04. The lowest BCUT2D eigenvalue weighted by Crippen LogP contribution is -2.06. The molecule has 0 heterocycles. The van der Waals surface area contributed by atoms with Gasteiger partial charge in [0.2, 0.25) is 0 Å². The fraction of sp³-hybridized carbons (Fsp3) is 0.900. The molecular weight excluding hydrogens is 120 g/mol. The van der Waals surface area contributed by atoms with Crippen molar-refractivity contribution in [2.45, 2.75) is 44.9 Å². The van der Waals surface area contributed by atoms with Crippen LogP contribution in [0.1, 0.15) is 44.9 Å². The number of rotatable bonds is 2. The Morgan fingerprint density at radius 3 is 2.40 bits per heavy atom. The first-order chi connectivity index (χ1) is 4.95. The summed E-state index contributed by atoms with van der Waals surface area (Å²) in [5.74, 6) is 2.15. The van der Waals surface area contributed by atoms with E-state index >= 15 is 0 Å². The molecule has 0 spiro atoms. The summed E-state index contributed by atoms with van der Waals surface area (Å²) in [7, 11) is 0. The summed E-state index contributed by atoms with van der Waals surface area (Å²) in [5, 5.41) is 0. The number of hydrogen-bond acceptors (Lipinski definition) is 0. The van der Waals surface area contributed by atoms with Crippen molar-refractivity contribution in [3.8, 4) is 0 Å². The molecular formula is C10H17. The highest BCUT2D eigenvalue weighted by Gasteiger charge is 2.26. The lowest BCUT2D eigenvalue weighted by atomic mass is 9.86. The first kappa shape index (κ1) is 6.69. The van der Waals surface area contributed by atoms with Crippen molar-refractivity contribution in [1.29, 1.82) is 0 Å². The highest BCUT2D eigenvalue weighted by molar-refractivity contribution is 4.95. The van der Waals surface area contributed by atoms with Crippen LogP contribution in [0, 0.1) is 18.3 Å². The highest BCUT2D eigenvalue weighted by atomic mass is 14.3. The van der Waals surface area contributed by atoms with Crippen LogP contribution in [0.25, 0.3) is 0 Å². The van der Waals surface area contributed by atoms with Crippen molar-refractivity contribution in [3.05, 3.63) is 6.42 Å². The van der Waals surface area contributed by atoms with E-state index < -0.39 is 0 Å². The third kappa shape index (κ3) is 1.74. The Balaban J connectivity index is 1.69. The maximum Gasteiger partial charge on any atom is -0.0352 e. The molecule has 0 bridgehead atoms. The van der Waals surface area contributed by atoms with Gasteiger partial charge in [0.05, 0.1) is 0 Å². The van der Waals surface area contributed by atoms with Gasteiger partial charge in [-0.05, 0) is 31.1 Å². The fourth-order valence-electron chi connectivity index (χ4n) is 2.14. The van der Waals surface area contributed by atoms with Crippen LogP contribution < -0.4 is 0 Å². The maximum absolute atomic E-state index is 2.47. The largest absolute Gasteiger partial charge is 0.0533 e. The summed E-state index contributed by atoms with van der Waals surface area (Å²) in [6.45, 7) is 0. The Morgan fingerprint density at radius 1 is 1.10 bits per heavy atom. The predicted molar refractivity (Wildman–Crippen MR) is 43.6 cm³/mol. The summed E-state index contributed by atoms with van der Waals surface area (Å²) in [6.07, 6.45) is 13.0. The topological polar surface area (TPSA) is 0 Å². The summed E-state index contributed by atoms with van der Waals surface area (Å²) in [6, 6.07) is 0. The molecule has 0 N–H and O–H groups in total. The zero-order valence-corrected chi connectivity index (χ0v) is 6.68. The fourth-order valence-corrected chi connectivity index (χ4v) is 2.14. The lowest BCUT2D eigenvalue weighted by molar-refractivity contribution is 0.328. The molecule has 10 heavy (non-hydrogen) atoms. The van der Waals surface area contributed by atoms with Gasteiger partial charge in [-0.1, -0.05) is 32.1 Å². The average Bonchev–Trinajstić information content (AvgIpc) is 2.74. The summed E-state index contributed by atoms with van der Waals surface area (Å²) < 4.78 is 0. The van der Waals surface area contributed by atoms with Crippen molar-refractivity contribution in [1.82, 2.24) is 0 Å². The Bertz CT molecular complexity index is 96.6. The molecule has 0 aromatic rings. The molecule has 57 valence electrons. The molecule has 2 aliphatic carbocycles. The van der Waals surface area contributed by atoms with Gasteiger partial charge in [0.15, 0.2) is 0 Å². The van der Waals surface area contributed by atoms with Crippen LogP contribution in [-0.2, 0) is 0 Å². The monoisotopic (exact) mass is 137 g/mol. The van der Waals surface area contributed by atoms with Crippen molar-refractivity contribution in [3.63, 3.8) is 0 Å². The molecule has 0 aliphatic heterocycles. The quantitative estimate of drug-likeness (QED) is 0.548. The molecule has 0 aromatic heterocycles. The average molecular weight is 137 g/mol. The van der Waals surface area contributed by atoms with E-state index in [1.54, 1.807) is 0 Å². The lowest BCUT2D eigenvalue weighted by Gasteiger charge is -2.20. The first-order valence-corrected chi connectivity index (χ1v) is 4.78. The Labute approximate surface area is 64.0 Å². The van der Waals surface area contributed by atoms with Crippen molar-refractivity contribution in [2.24, 2.45) is 11.8 Å². The van der Waals surface area contributed by atoms with Gasteiger partial charge < -0.3 is 0 Å². The standard InChI is InChI=1S/C10H17/c1-2-4-9(5-3-1)8-10-6-7-10/h6,9-10H,1-5,7-8H2. The van der Waals surface area contributed by atoms with E-state index in [4.69, 9.17) is 0 Å². The third-order valence-electron chi connectivity index (χ3n) is 2.93. The predicted octanol–water partition coefficient (Wildman–Crippen LogP) is 3.18. The van der Waals surface area contributed by atoms with E-state index in [-0.39, 0.29) is 0 Å². The van der Waals surface area contributed by atoms with Gasteiger partial charge in [0, 0.05) is 0 Å². The molecule has 0 heteroatoms. The molecule has 1 atom stereocenters. The highest BCUT2D eigenvalue weighted by Crippen LogP contribution is 2.38. The molecule has 2 saturated carbocycles. The minimum atomic E-state index is 1.04. The van der Waals surface area contributed by atoms with E-state index in [1.807, 2.05) is 0 Å². The van der Waals surface area contributed by atoms with Crippen LogP contribution in [0.2, 0.25) is 0 Å². The zero-order chi connectivity index (χ0) is 6.81.